The monoisotopic (exact) mass is 380 g/mol. The van der Waals surface area contributed by atoms with Crippen LogP contribution in [0, 0.1) is 0 Å². The van der Waals surface area contributed by atoms with Gasteiger partial charge in [0.25, 0.3) is 0 Å². The molecule has 1 aliphatic rings. The largest absolute Gasteiger partial charge is 0.497 e. The summed E-state index contributed by atoms with van der Waals surface area (Å²) in [6.45, 7) is 3.50. The second-order valence-corrected chi connectivity index (χ2v) is 7.22. The van der Waals surface area contributed by atoms with E-state index in [0.29, 0.717) is 30.0 Å². The Hall–Kier alpha value is -2.22. The van der Waals surface area contributed by atoms with Crippen LogP contribution in [0.4, 0.5) is 5.69 Å². The molecular weight excluding hydrogens is 356 g/mol. The Kier molecular flexibility index (Phi) is 6.90. The lowest BCUT2D eigenvalue weighted by Gasteiger charge is -2.34. The Morgan fingerprint density at radius 3 is 2.23 bits per heavy atom. The third kappa shape index (κ3) is 4.30. The van der Waals surface area contributed by atoms with Gasteiger partial charge < -0.3 is 14.8 Å². The van der Waals surface area contributed by atoms with E-state index >= 15 is 0 Å². The molecule has 2 rings (SSSR count). The molecule has 1 fully saturated rings. The van der Waals surface area contributed by atoms with E-state index < -0.39 is 5.91 Å². The fourth-order valence-electron chi connectivity index (χ4n) is 2.70. The van der Waals surface area contributed by atoms with Gasteiger partial charge in [-0.25, -0.2) is 0 Å². The number of nitrogens with one attached hydrogen (secondary N) is 1. The Morgan fingerprint density at radius 1 is 1.12 bits per heavy atom. The first-order chi connectivity index (χ1) is 12.4. The van der Waals surface area contributed by atoms with Crippen LogP contribution >= 0.6 is 11.8 Å². The molecule has 8 heteroatoms. The second kappa shape index (κ2) is 8.93. The summed E-state index contributed by atoms with van der Waals surface area (Å²) in [4.78, 5) is 38.5. The number of carbonyl (C=O) groups is 3. The number of benzene rings is 1. The maximum Gasteiger partial charge on any atom is 0.244 e. The van der Waals surface area contributed by atoms with Crippen molar-refractivity contribution in [2.75, 3.05) is 26.1 Å². The van der Waals surface area contributed by atoms with Crippen molar-refractivity contribution in [1.29, 1.82) is 0 Å². The first-order valence-corrected chi connectivity index (χ1v) is 9.41. The summed E-state index contributed by atoms with van der Waals surface area (Å²) >= 11 is 1.39. The van der Waals surface area contributed by atoms with Gasteiger partial charge >= 0.3 is 0 Å². The molecule has 7 nitrogen and oxygen atoms in total. The molecule has 1 aliphatic heterocycles. The minimum absolute atomic E-state index is 0.291. The first kappa shape index (κ1) is 20.1. The van der Waals surface area contributed by atoms with Crippen molar-refractivity contribution in [1.82, 2.24) is 4.90 Å². The van der Waals surface area contributed by atoms with Crippen molar-refractivity contribution in [3.8, 4) is 11.5 Å². The summed E-state index contributed by atoms with van der Waals surface area (Å²) < 4.78 is 10.4. The smallest absolute Gasteiger partial charge is 0.244 e. The quantitative estimate of drug-likeness (QED) is 0.731. The molecule has 0 bridgehead atoms. The van der Waals surface area contributed by atoms with Gasteiger partial charge in [-0.1, -0.05) is 13.8 Å². The summed E-state index contributed by atoms with van der Waals surface area (Å²) in [5.74, 6) is -0.0304. The molecule has 142 valence electrons. The fourth-order valence-corrected chi connectivity index (χ4v) is 3.97. The van der Waals surface area contributed by atoms with Crippen LogP contribution in [0.1, 0.15) is 26.7 Å². The van der Waals surface area contributed by atoms with E-state index in [4.69, 9.17) is 9.47 Å². The molecule has 1 aromatic rings. The molecule has 1 N–H and O–H groups in total. The molecule has 0 radical (unpaired) electrons. The van der Waals surface area contributed by atoms with Gasteiger partial charge in [0.2, 0.25) is 17.7 Å². The normalized spacial score (nSPS) is 20.1. The van der Waals surface area contributed by atoms with E-state index in [9.17, 15) is 14.4 Å². The van der Waals surface area contributed by atoms with Crippen LogP contribution in [-0.4, -0.2) is 53.9 Å². The van der Waals surface area contributed by atoms with Crippen LogP contribution in [0.25, 0.3) is 0 Å². The Bertz CT molecular complexity index is 672. The Morgan fingerprint density at radius 2 is 1.73 bits per heavy atom. The predicted molar refractivity (Wildman–Crippen MR) is 101 cm³/mol. The highest BCUT2D eigenvalue weighted by atomic mass is 32.2. The minimum atomic E-state index is -0.452. The highest BCUT2D eigenvalue weighted by Gasteiger charge is 2.40. The van der Waals surface area contributed by atoms with E-state index in [2.05, 4.69) is 5.32 Å². The number of carbonyl (C=O) groups excluding carboxylic acids is 3. The summed E-state index contributed by atoms with van der Waals surface area (Å²) in [7, 11) is 3.02. The average molecular weight is 380 g/mol. The zero-order valence-electron chi connectivity index (χ0n) is 15.4. The molecule has 0 spiro atoms. The van der Waals surface area contributed by atoms with Crippen molar-refractivity contribution < 1.29 is 23.9 Å². The number of anilines is 1. The highest BCUT2D eigenvalue weighted by molar-refractivity contribution is 8.02. The van der Waals surface area contributed by atoms with E-state index in [0.717, 1.165) is 4.90 Å². The lowest BCUT2D eigenvalue weighted by Crippen LogP contribution is -2.53. The number of thioether (sulfide) groups is 1. The number of hydrogen-bond acceptors (Lipinski definition) is 6. The summed E-state index contributed by atoms with van der Waals surface area (Å²) in [6.07, 6.45) is 1.25. The van der Waals surface area contributed by atoms with Gasteiger partial charge in [-0.2, -0.15) is 0 Å². The molecule has 0 unspecified atom stereocenters. The topological polar surface area (TPSA) is 84.9 Å². The lowest BCUT2D eigenvalue weighted by atomic mass is 10.2. The maximum atomic E-state index is 12.5. The van der Waals surface area contributed by atoms with Crippen LogP contribution in [-0.2, 0) is 14.4 Å². The number of hydrogen-bond donors (Lipinski definition) is 1. The van der Waals surface area contributed by atoms with Crippen LogP contribution in [0.2, 0.25) is 0 Å². The number of ether oxygens (including phenoxy) is 2. The van der Waals surface area contributed by atoms with Crippen LogP contribution in [0.3, 0.4) is 0 Å². The fraction of sp³-hybridized carbons (Fsp3) is 0.500. The zero-order valence-corrected chi connectivity index (χ0v) is 16.2. The number of methoxy groups -OCH3 is 2. The third-order valence-corrected chi connectivity index (χ3v) is 5.86. The van der Waals surface area contributed by atoms with Crippen molar-refractivity contribution in [3.63, 3.8) is 0 Å². The van der Waals surface area contributed by atoms with Gasteiger partial charge in [0, 0.05) is 6.07 Å². The molecule has 26 heavy (non-hydrogen) atoms. The predicted octanol–water partition coefficient (Wildman–Crippen LogP) is 2.30. The number of rotatable bonds is 7. The number of amides is 3. The second-order valence-electron chi connectivity index (χ2n) is 5.81. The van der Waals surface area contributed by atoms with Crippen molar-refractivity contribution in [3.05, 3.63) is 18.2 Å². The number of imide groups is 1. The standard InChI is InChI=1S/C18H24N2O5S/c1-5-14-17(22)20(18(23)15(6-2)26-14)10-16(21)19-12-8-7-11(24-3)9-13(12)25-4/h7-9,14-15H,5-6,10H2,1-4H3,(H,19,21)/t14-,15-/m1/s1. The van der Waals surface area contributed by atoms with Crippen LogP contribution < -0.4 is 14.8 Å². The van der Waals surface area contributed by atoms with Gasteiger partial charge in [0.05, 0.1) is 30.4 Å². The van der Waals surface area contributed by atoms with E-state index in [1.165, 1.54) is 26.0 Å². The average Bonchev–Trinajstić information content (AvgIpc) is 2.65. The van der Waals surface area contributed by atoms with E-state index in [1.807, 2.05) is 13.8 Å². The van der Waals surface area contributed by atoms with Gasteiger partial charge in [-0.15, -0.1) is 11.8 Å². The molecule has 1 heterocycles. The van der Waals surface area contributed by atoms with Gasteiger partial charge in [-0.3, -0.25) is 19.3 Å². The van der Waals surface area contributed by atoms with E-state index in [-0.39, 0.29) is 28.9 Å². The lowest BCUT2D eigenvalue weighted by molar-refractivity contribution is -0.147. The molecular formula is C18H24N2O5S. The molecule has 3 amide bonds. The summed E-state index contributed by atoms with van der Waals surface area (Å²) in [6, 6.07) is 4.98. The Labute approximate surface area is 157 Å². The molecule has 1 saturated heterocycles. The third-order valence-electron chi connectivity index (χ3n) is 4.14. The van der Waals surface area contributed by atoms with Gasteiger partial charge in [0.15, 0.2) is 0 Å². The Balaban J connectivity index is 2.13. The van der Waals surface area contributed by atoms with Crippen LogP contribution in [0.5, 0.6) is 11.5 Å². The van der Waals surface area contributed by atoms with Gasteiger partial charge in [0.1, 0.15) is 18.0 Å². The SMILES string of the molecule is CC[C@H]1S[C@H](CC)C(=O)N(CC(=O)Nc2ccc(OC)cc2OC)C1=O. The first-order valence-electron chi connectivity index (χ1n) is 8.47. The molecule has 0 aliphatic carbocycles. The summed E-state index contributed by atoms with van der Waals surface area (Å²) in [5, 5.41) is 2.11. The van der Waals surface area contributed by atoms with Crippen molar-refractivity contribution in [2.45, 2.75) is 37.2 Å². The number of nitrogens with zero attached hydrogens (tertiary/aromatic N) is 1. The molecule has 0 saturated carbocycles. The van der Waals surface area contributed by atoms with Crippen molar-refractivity contribution in [2.24, 2.45) is 0 Å². The van der Waals surface area contributed by atoms with Gasteiger partial charge in [-0.05, 0) is 25.0 Å². The molecule has 2 atom stereocenters. The molecule has 0 aromatic heterocycles. The van der Waals surface area contributed by atoms with Crippen molar-refractivity contribution >= 4 is 35.2 Å². The molecule has 1 aromatic carbocycles. The maximum absolute atomic E-state index is 12.5. The zero-order chi connectivity index (χ0) is 19.3. The highest BCUT2D eigenvalue weighted by Crippen LogP contribution is 2.32. The minimum Gasteiger partial charge on any atom is -0.497 e. The summed E-state index contributed by atoms with van der Waals surface area (Å²) in [5.41, 5.74) is 0.448. The van der Waals surface area contributed by atoms with Crippen LogP contribution in [0.15, 0.2) is 18.2 Å². The van der Waals surface area contributed by atoms with E-state index in [1.54, 1.807) is 18.2 Å².